The molecule has 2 unspecified atom stereocenters. The normalized spacial score (nSPS) is 16.0. The zero-order valence-corrected chi connectivity index (χ0v) is 29.3. The smallest absolute Gasteiger partial charge is 0.137 e. The van der Waals surface area contributed by atoms with Crippen LogP contribution in [0.25, 0.3) is 71.3 Å². The van der Waals surface area contributed by atoms with Crippen molar-refractivity contribution in [2.75, 3.05) is 0 Å². The van der Waals surface area contributed by atoms with Crippen molar-refractivity contribution in [3.05, 3.63) is 199 Å². The van der Waals surface area contributed by atoms with Gasteiger partial charge in [0.2, 0.25) is 0 Å². The van der Waals surface area contributed by atoms with E-state index in [0.29, 0.717) is 0 Å². The highest BCUT2D eigenvalue weighted by molar-refractivity contribution is 6.11. The first kappa shape index (κ1) is 30.7. The van der Waals surface area contributed by atoms with E-state index in [1.165, 1.54) is 32.6 Å². The van der Waals surface area contributed by atoms with Crippen LogP contribution in [0.15, 0.2) is 191 Å². The number of nitrogens with zero attached hydrogens (tertiary/aromatic N) is 2. The molecule has 0 fully saturated rings. The second-order valence-corrected chi connectivity index (χ2v) is 14.1. The number of rotatable bonds is 5. The SMILES string of the molecule is c1ccc(C2=NC(c3ccccc3)NC(c3cc(-c4ccc5ccccc5c4)cc4oc5cc(-n6c7ccccc7c7ccccc76)ccc5c34)N2)cc1. The molecule has 0 amide bonds. The predicted octanol–water partition coefficient (Wildman–Crippen LogP) is 11.8. The van der Waals surface area contributed by atoms with Crippen molar-refractivity contribution >= 4 is 60.4 Å². The van der Waals surface area contributed by atoms with Crippen molar-refractivity contribution in [1.82, 2.24) is 15.2 Å². The molecular formula is C49H34N4O. The third-order valence-corrected chi connectivity index (χ3v) is 10.8. The molecule has 0 aliphatic carbocycles. The molecule has 1 aliphatic heterocycles. The molecule has 2 aromatic heterocycles. The molecule has 11 rings (SSSR count). The highest BCUT2D eigenvalue weighted by Gasteiger charge is 2.29. The Hall–Kier alpha value is -6.95. The van der Waals surface area contributed by atoms with Gasteiger partial charge in [-0.05, 0) is 69.9 Å². The van der Waals surface area contributed by atoms with Gasteiger partial charge in [0.15, 0.2) is 0 Å². The van der Waals surface area contributed by atoms with Crippen LogP contribution in [0, 0.1) is 0 Å². The molecule has 0 saturated carbocycles. The average molecular weight is 695 g/mol. The summed E-state index contributed by atoms with van der Waals surface area (Å²) < 4.78 is 9.26. The molecule has 8 aromatic carbocycles. The Kier molecular flexibility index (Phi) is 7.00. The highest BCUT2D eigenvalue weighted by Crippen LogP contribution is 2.41. The number of para-hydroxylation sites is 2. The Morgan fingerprint density at radius 1 is 0.500 bits per heavy atom. The van der Waals surface area contributed by atoms with E-state index in [9.17, 15) is 0 Å². The van der Waals surface area contributed by atoms with Crippen molar-refractivity contribution in [1.29, 1.82) is 0 Å². The lowest BCUT2D eigenvalue weighted by atomic mass is 9.95. The van der Waals surface area contributed by atoms with Crippen LogP contribution in [0.4, 0.5) is 0 Å². The number of aliphatic imine (C=N–C) groups is 1. The molecule has 10 aromatic rings. The van der Waals surface area contributed by atoms with Crippen molar-refractivity contribution in [2.24, 2.45) is 4.99 Å². The average Bonchev–Trinajstić information content (AvgIpc) is 3.79. The minimum atomic E-state index is -0.274. The van der Waals surface area contributed by atoms with Gasteiger partial charge in [-0.15, -0.1) is 0 Å². The van der Waals surface area contributed by atoms with Crippen molar-refractivity contribution in [3.63, 3.8) is 0 Å². The van der Waals surface area contributed by atoms with Crippen LogP contribution >= 0.6 is 0 Å². The van der Waals surface area contributed by atoms with Gasteiger partial charge in [0.05, 0.1) is 11.0 Å². The lowest BCUT2D eigenvalue weighted by molar-refractivity contribution is 0.411. The number of fused-ring (bicyclic) bond motifs is 7. The number of benzene rings is 8. The first-order valence-corrected chi connectivity index (χ1v) is 18.4. The fourth-order valence-electron chi connectivity index (χ4n) is 8.30. The molecule has 2 N–H and O–H groups in total. The predicted molar refractivity (Wildman–Crippen MR) is 222 cm³/mol. The molecule has 5 heteroatoms. The number of furan rings is 1. The van der Waals surface area contributed by atoms with E-state index in [4.69, 9.17) is 9.41 Å². The summed E-state index contributed by atoms with van der Waals surface area (Å²) in [6, 6.07) is 64.5. The summed E-state index contributed by atoms with van der Waals surface area (Å²) in [6.07, 6.45) is -0.532. The number of amidine groups is 1. The zero-order valence-electron chi connectivity index (χ0n) is 29.3. The maximum atomic E-state index is 6.92. The lowest BCUT2D eigenvalue weighted by Gasteiger charge is -2.32. The summed E-state index contributed by atoms with van der Waals surface area (Å²) in [6.45, 7) is 0. The van der Waals surface area contributed by atoms with Crippen LogP contribution in [0.3, 0.4) is 0 Å². The molecule has 54 heavy (non-hydrogen) atoms. The Morgan fingerprint density at radius 2 is 1.19 bits per heavy atom. The minimum Gasteiger partial charge on any atom is -0.456 e. The van der Waals surface area contributed by atoms with Gasteiger partial charge in [-0.25, -0.2) is 4.99 Å². The number of aromatic nitrogens is 1. The fourth-order valence-corrected chi connectivity index (χ4v) is 8.30. The van der Waals surface area contributed by atoms with Gasteiger partial charge in [-0.3, -0.25) is 5.32 Å². The molecule has 3 heterocycles. The van der Waals surface area contributed by atoms with E-state index in [0.717, 1.165) is 61.3 Å². The molecule has 0 spiro atoms. The summed E-state index contributed by atoms with van der Waals surface area (Å²) >= 11 is 0. The van der Waals surface area contributed by atoms with Crippen LogP contribution in [0.1, 0.15) is 29.0 Å². The van der Waals surface area contributed by atoms with Crippen molar-refractivity contribution < 1.29 is 4.42 Å². The number of nitrogens with one attached hydrogen (secondary N) is 2. The monoisotopic (exact) mass is 694 g/mol. The van der Waals surface area contributed by atoms with Gasteiger partial charge in [0, 0.05) is 44.4 Å². The third kappa shape index (κ3) is 5.01. The molecule has 5 nitrogen and oxygen atoms in total. The van der Waals surface area contributed by atoms with Crippen LogP contribution in [0.5, 0.6) is 0 Å². The minimum absolute atomic E-state index is 0.257. The molecule has 0 saturated heterocycles. The quantitative estimate of drug-likeness (QED) is 0.189. The summed E-state index contributed by atoms with van der Waals surface area (Å²) in [7, 11) is 0. The Bertz CT molecular complexity index is 3010. The van der Waals surface area contributed by atoms with Crippen molar-refractivity contribution in [3.8, 4) is 16.8 Å². The maximum absolute atomic E-state index is 6.92. The third-order valence-electron chi connectivity index (χ3n) is 10.8. The number of hydrogen-bond donors (Lipinski definition) is 2. The summed E-state index contributed by atoms with van der Waals surface area (Å²) in [5.74, 6) is 0.846. The molecule has 1 aliphatic rings. The van der Waals surface area contributed by atoms with Gasteiger partial charge in [0.25, 0.3) is 0 Å². The van der Waals surface area contributed by atoms with Crippen LogP contribution in [-0.2, 0) is 0 Å². The first-order chi connectivity index (χ1) is 26.7. The second kappa shape index (κ2) is 12.3. The van der Waals surface area contributed by atoms with E-state index in [1.807, 2.05) is 12.1 Å². The Labute approximate surface area is 311 Å². The van der Waals surface area contributed by atoms with E-state index >= 15 is 0 Å². The summed E-state index contributed by atoms with van der Waals surface area (Å²) in [5, 5.41) is 14.7. The largest absolute Gasteiger partial charge is 0.456 e. The summed E-state index contributed by atoms with van der Waals surface area (Å²) in [5.41, 5.74) is 10.6. The molecular weight excluding hydrogens is 661 g/mol. The molecule has 256 valence electrons. The van der Waals surface area contributed by atoms with Gasteiger partial charge in [-0.1, -0.05) is 133 Å². The fraction of sp³-hybridized carbons (Fsp3) is 0.0408. The van der Waals surface area contributed by atoms with Crippen molar-refractivity contribution in [2.45, 2.75) is 12.3 Å². The standard InChI is InChI=1S/C49H34N4O/c1-3-14-32(15-4-1)47-50-48(33-16-5-2-6-17-33)52-49(51-47)41-28-36(35-24-23-31-13-7-8-18-34(31)27-35)29-45-46(41)40-26-25-37(30-44(40)54-45)53-42-21-11-9-19-38(42)39-20-10-12-22-43(39)53/h1-30,47,49,51H,(H,50,52). The van der Waals surface area contributed by atoms with E-state index < -0.39 is 0 Å². The molecule has 0 bridgehead atoms. The molecule has 0 radical (unpaired) electrons. The maximum Gasteiger partial charge on any atom is 0.137 e. The zero-order chi connectivity index (χ0) is 35.6. The summed E-state index contributed by atoms with van der Waals surface area (Å²) in [4.78, 5) is 5.20. The van der Waals surface area contributed by atoms with Gasteiger partial charge < -0.3 is 14.3 Å². The van der Waals surface area contributed by atoms with E-state index in [2.05, 4.69) is 185 Å². The van der Waals surface area contributed by atoms with Gasteiger partial charge >= 0.3 is 0 Å². The van der Waals surface area contributed by atoms with Gasteiger partial charge in [0.1, 0.15) is 29.3 Å². The van der Waals surface area contributed by atoms with Crippen LogP contribution in [0.2, 0.25) is 0 Å². The first-order valence-electron chi connectivity index (χ1n) is 18.4. The highest BCUT2D eigenvalue weighted by atomic mass is 16.3. The van der Waals surface area contributed by atoms with E-state index in [-0.39, 0.29) is 12.3 Å². The van der Waals surface area contributed by atoms with Gasteiger partial charge in [-0.2, -0.15) is 0 Å². The topological polar surface area (TPSA) is 54.5 Å². The van der Waals surface area contributed by atoms with Crippen LogP contribution < -0.4 is 10.6 Å². The second-order valence-electron chi connectivity index (χ2n) is 14.1. The molecule has 2 atom stereocenters. The van der Waals surface area contributed by atoms with E-state index in [1.54, 1.807) is 0 Å². The Balaban J connectivity index is 1.13. The Morgan fingerprint density at radius 3 is 1.96 bits per heavy atom. The van der Waals surface area contributed by atoms with Crippen LogP contribution in [-0.4, -0.2) is 10.4 Å². The number of hydrogen-bond acceptors (Lipinski definition) is 4. The lowest BCUT2D eigenvalue weighted by Crippen LogP contribution is -2.45.